The first-order valence-electron chi connectivity index (χ1n) is 7.57. The van der Waals surface area contributed by atoms with Crippen molar-refractivity contribution in [2.75, 3.05) is 13.1 Å². The fraction of sp³-hybridized carbons (Fsp3) is 0.933. The van der Waals surface area contributed by atoms with Gasteiger partial charge in [-0.25, -0.2) is 4.79 Å². The van der Waals surface area contributed by atoms with Gasteiger partial charge in [-0.2, -0.15) is 0 Å². The van der Waals surface area contributed by atoms with Gasteiger partial charge in [-0.1, -0.05) is 6.92 Å². The van der Waals surface area contributed by atoms with Gasteiger partial charge in [0.05, 0.1) is 0 Å². The van der Waals surface area contributed by atoms with Crippen molar-refractivity contribution >= 4 is 6.09 Å². The van der Waals surface area contributed by atoms with Crippen molar-refractivity contribution in [3.8, 4) is 0 Å². The standard InChI is InChI=1S/C15H28N2O2/c1-11-9-13(10-11)16-12-5-7-17(8-6-12)14(18)19-15(2,3)4/h11-13,16H,5-10H2,1-4H3. The zero-order valence-corrected chi connectivity index (χ0v) is 12.7. The molecule has 0 spiro atoms. The summed E-state index contributed by atoms with van der Waals surface area (Å²) in [6.45, 7) is 9.68. The van der Waals surface area contributed by atoms with Crippen LogP contribution in [-0.2, 0) is 4.74 Å². The Morgan fingerprint density at radius 1 is 1.16 bits per heavy atom. The number of carbonyl (C=O) groups is 1. The van der Waals surface area contributed by atoms with Crippen molar-refractivity contribution in [3.05, 3.63) is 0 Å². The number of amides is 1. The molecule has 110 valence electrons. The highest BCUT2D eigenvalue weighted by atomic mass is 16.6. The highest BCUT2D eigenvalue weighted by molar-refractivity contribution is 5.68. The van der Waals surface area contributed by atoms with Crippen LogP contribution in [0, 0.1) is 5.92 Å². The fourth-order valence-corrected chi connectivity index (χ4v) is 2.93. The van der Waals surface area contributed by atoms with Gasteiger partial charge in [0.25, 0.3) is 0 Å². The van der Waals surface area contributed by atoms with Crippen molar-refractivity contribution in [1.82, 2.24) is 10.2 Å². The Morgan fingerprint density at radius 2 is 1.74 bits per heavy atom. The van der Waals surface area contributed by atoms with Crippen molar-refractivity contribution < 1.29 is 9.53 Å². The van der Waals surface area contributed by atoms with E-state index in [2.05, 4.69) is 12.2 Å². The topological polar surface area (TPSA) is 41.6 Å². The lowest BCUT2D eigenvalue weighted by molar-refractivity contribution is 0.0190. The average Bonchev–Trinajstić information content (AvgIpc) is 2.25. The van der Waals surface area contributed by atoms with Crippen LogP contribution in [-0.4, -0.2) is 41.8 Å². The van der Waals surface area contributed by atoms with E-state index in [0.29, 0.717) is 12.1 Å². The number of rotatable bonds is 2. The van der Waals surface area contributed by atoms with Crippen LogP contribution in [0.3, 0.4) is 0 Å². The van der Waals surface area contributed by atoms with Crippen LogP contribution in [0.4, 0.5) is 4.79 Å². The van der Waals surface area contributed by atoms with E-state index in [1.54, 1.807) is 0 Å². The first-order valence-corrected chi connectivity index (χ1v) is 7.57. The van der Waals surface area contributed by atoms with E-state index in [0.717, 1.165) is 31.8 Å². The molecule has 0 unspecified atom stereocenters. The predicted octanol–water partition coefficient (Wildman–Crippen LogP) is 2.77. The Balaban J connectivity index is 1.68. The molecule has 2 rings (SSSR count). The maximum atomic E-state index is 11.9. The molecule has 2 fully saturated rings. The third kappa shape index (κ3) is 4.37. The lowest BCUT2D eigenvalue weighted by atomic mass is 9.81. The highest BCUT2D eigenvalue weighted by Crippen LogP contribution is 2.27. The monoisotopic (exact) mass is 268 g/mol. The minimum atomic E-state index is -0.395. The molecule has 1 aliphatic heterocycles. The maximum Gasteiger partial charge on any atom is 0.410 e. The highest BCUT2D eigenvalue weighted by Gasteiger charge is 2.30. The Bertz CT molecular complexity index is 311. The third-order valence-electron chi connectivity index (χ3n) is 3.99. The number of nitrogens with one attached hydrogen (secondary N) is 1. The summed E-state index contributed by atoms with van der Waals surface area (Å²) in [6, 6.07) is 1.30. The van der Waals surface area contributed by atoms with Crippen molar-refractivity contribution in [3.63, 3.8) is 0 Å². The molecule has 4 nitrogen and oxygen atoms in total. The van der Waals surface area contributed by atoms with E-state index in [4.69, 9.17) is 4.74 Å². The second-order valence-electron chi connectivity index (χ2n) is 7.18. The first-order chi connectivity index (χ1) is 8.83. The minimum Gasteiger partial charge on any atom is -0.444 e. The number of ether oxygens (including phenoxy) is 1. The summed E-state index contributed by atoms with van der Waals surface area (Å²) < 4.78 is 5.41. The summed E-state index contributed by atoms with van der Waals surface area (Å²) in [4.78, 5) is 13.8. The molecule has 1 saturated carbocycles. The van der Waals surface area contributed by atoms with Gasteiger partial charge < -0.3 is 15.0 Å². The Hall–Kier alpha value is -0.770. The van der Waals surface area contributed by atoms with E-state index in [9.17, 15) is 4.79 Å². The summed E-state index contributed by atoms with van der Waals surface area (Å²) >= 11 is 0. The molecule has 0 aromatic heterocycles. The second-order valence-corrected chi connectivity index (χ2v) is 7.18. The number of nitrogens with zero attached hydrogens (tertiary/aromatic N) is 1. The van der Waals surface area contributed by atoms with Gasteiger partial charge in [-0.05, 0) is 52.4 Å². The van der Waals surface area contributed by atoms with E-state index in [1.807, 2.05) is 25.7 Å². The zero-order chi connectivity index (χ0) is 14.0. The number of carbonyl (C=O) groups excluding carboxylic acids is 1. The molecule has 1 heterocycles. The molecular weight excluding hydrogens is 240 g/mol. The molecule has 4 heteroatoms. The smallest absolute Gasteiger partial charge is 0.410 e. The lowest BCUT2D eigenvalue weighted by Gasteiger charge is -2.40. The minimum absolute atomic E-state index is 0.164. The van der Waals surface area contributed by atoms with Gasteiger partial charge in [-0.15, -0.1) is 0 Å². The molecule has 0 aromatic carbocycles. The zero-order valence-electron chi connectivity index (χ0n) is 12.7. The van der Waals surface area contributed by atoms with Crippen LogP contribution >= 0.6 is 0 Å². The molecular formula is C15H28N2O2. The summed E-state index contributed by atoms with van der Waals surface area (Å²) in [5.41, 5.74) is -0.395. The molecule has 2 aliphatic rings. The summed E-state index contributed by atoms with van der Waals surface area (Å²) in [6.07, 6.45) is 4.55. The SMILES string of the molecule is CC1CC(NC2CCN(C(=O)OC(C)(C)C)CC2)C1. The molecule has 0 aromatic rings. The predicted molar refractivity (Wildman–Crippen MR) is 76.2 cm³/mol. The molecule has 1 aliphatic carbocycles. The van der Waals surface area contributed by atoms with Crippen LogP contribution in [0.25, 0.3) is 0 Å². The second kappa shape index (κ2) is 5.70. The number of likely N-dealkylation sites (tertiary alicyclic amines) is 1. The van der Waals surface area contributed by atoms with Gasteiger partial charge >= 0.3 is 6.09 Å². The van der Waals surface area contributed by atoms with Crippen LogP contribution in [0.15, 0.2) is 0 Å². The Labute approximate surface area is 116 Å². The molecule has 0 radical (unpaired) electrons. The van der Waals surface area contributed by atoms with E-state index < -0.39 is 5.60 Å². The number of hydrogen-bond acceptors (Lipinski definition) is 3. The Kier molecular flexibility index (Phi) is 4.39. The fourth-order valence-electron chi connectivity index (χ4n) is 2.93. The number of hydrogen-bond donors (Lipinski definition) is 1. The van der Waals surface area contributed by atoms with E-state index in [-0.39, 0.29) is 6.09 Å². The first kappa shape index (κ1) is 14.6. The van der Waals surface area contributed by atoms with E-state index >= 15 is 0 Å². The average molecular weight is 268 g/mol. The largest absolute Gasteiger partial charge is 0.444 e. The van der Waals surface area contributed by atoms with Crippen LogP contribution < -0.4 is 5.32 Å². The Morgan fingerprint density at radius 3 is 2.21 bits per heavy atom. The quantitative estimate of drug-likeness (QED) is 0.837. The molecule has 19 heavy (non-hydrogen) atoms. The van der Waals surface area contributed by atoms with Gasteiger partial charge in [0.15, 0.2) is 0 Å². The van der Waals surface area contributed by atoms with Crippen LogP contribution in [0.1, 0.15) is 53.4 Å². The van der Waals surface area contributed by atoms with E-state index in [1.165, 1.54) is 12.8 Å². The van der Waals surface area contributed by atoms with Gasteiger partial charge in [0, 0.05) is 25.2 Å². The van der Waals surface area contributed by atoms with Crippen molar-refractivity contribution in [2.45, 2.75) is 71.1 Å². The maximum absolute atomic E-state index is 11.9. The molecule has 0 bridgehead atoms. The summed E-state index contributed by atoms with van der Waals surface area (Å²) in [5, 5.41) is 3.71. The molecule has 1 saturated heterocycles. The molecule has 1 N–H and O–H groups in total. The van der Waals surface area contributed by atoms with Crippen molar-refractivity contribution in [1.29, 1.82) is 0 Å². The van der Waals surface area contributed by atoms with Crippen LogP contribution in [0.5, 0.6) is 0 Å². The van der Waals surface area contributed by atoms with Gasteiger partial charge in [0.1, 0.15) is 5.60 Å². The summed E-state index contributed by atoms with van der Waals surface area (Å²) in [5.74, 6) is 0.888. The summed E-state index contributed by atoms with van der Waals surface area (Å²) in [7, 11) is 0. The number of piperidine rings is 1. The van der Waals surface area contributed by atoms with Gasteiger partial charge in [0.2, 0.25) is 0 Å². The lowest BCUT2D eigenvalue weighted by Crippen LogP contribution is -2.51. The van der Waals surface area contributed by atoms with Crippen molar-refractivity contribution in [2.24, 2.45) is 5.92 Å². The molecule has 0 atom stereocenters. The normalized spacial score (nSPS) is 28.9. The van der Waals surface area contributed by atoms with Crippen LogP contribution in [0.2, 0.25) is 0 Å². The molecule has 1 amide bonds. The third-order valence-corrected chi connectivity index (χ3v) is 3.99. The van der Waals surface area contributed by atoms with Gasteiger partial charge in [-0.3, -0.25) is 0 Å².